The number of cyclic esters (lactones) is 1. The number of carbonyl (C=O) groups is 2. The van der Waals surface area contributed by atoms with Gasteiger partial charge in [0.15, 0.2) is 18.2 Å². The summed E-state index contributed by atoms with van der Waals surface area (Å²) in [4.78, 5) is 33.8. The van der Waals surface area contributed by atoms with E-state index in [1.54, 1.807) is 18.3 Å². The summed E-state index contributed by atoms with van der Waals surface area (Å²) in [5.74, 6) is 1.46. The van der Waals surface area contributed by atoms with Gasteiger partial charge in [0.2, 0.25) is 0 Å². The molecule has 5 rings (SSSR count). The summed E-state index contributed by atoms with van der Waals surface area (Å²) in [6, 6.07) is 5.43. The van der Waals surface area contributed by atoms with Crippen molar-refractivity contribution in [1.29, 1.82) is 0 Å². The van der Waals surface area contributed by atoms with Gasteiger partial charge in [0, 0.05) is 6.20 Å². The second-order valence-corrected chi connectivity index (χ2v) is 8.33. The predicted molar refractivity (Wildman–Crippen MR) is 114 cm³/mol. The van der Waals surface area contributed by atoms with Crippen LogP contribution >= 0.6 is 11.6 Å². The number of hydrogen-bond donors (Lipinski definition) is 2. The smallest absolute Gasteiger partial charge is 0.415 e. The summed E-state index contributed by atoms with van der Waals surface area (Å²) in [6.45, 7) is 2.00. The number of rotatable bonds is 6. The Labute approximate surface area is 184 Å². The van der Waals surface area contributed by atoms with Gasteiger partial charge in [0.25, 0.3) is 5.91 Å². The van der Waals surface area contributed by atoms with Gasteiger partial charge in [0.05, 0.1) is 6.54 Å². The first-order valence-electron chi connectivity index (χ1n) is 10.3. The second kappa shape index (κ2) is 8.32. The number of halogens is 1. The third-order valence-corrected chi connectivity index (χ3v) is 6.11. The summed E-state index contributed by atoms with van der Waals surface area (Å²) in [5, 5.41) is 6.73. The van der Waals surface area contributed by atoms with Crippen molar-refractivity contribution in [2.45, 2.75) is 25.4 Å². The third-order valence-electron chi connectivity index (χ3n) is 5.79. The lowest BCUT2D eigenvalue weighted by molar-refractivity contribution is -0.118. The van der Waals surface area contributed by atoms with Crippen LogP contribution in [0, 0.1) is 5.92 Å². The molecule has 1 aliphatic carbocycles. The van der Waals surface area contributed by atoms with Crippen molar-refractivity contribution < 1.29 is 19.1 Å². The SMILES string of the molecule is O=C1COc2ccc(N3CC(CCNCC4Cc5ccnc(Cl)c5C4)OC3=O)nc2N1. The van der Waals surface area contributed by atoms with Gasteiger partial charge >= 0.3 is 6.09 Å². The molecule has 2 unspecified atom stereocenters. The van der Waals surface area contributed by atoms with Gasteiger partial charge in [0.1, 0.15) is 17.1 Å². The van der Waals surface area contributed by atoms with Crippen molar-refractivity contribution in [2.75, 3.05) is 36.5 Å². The largest absolute Gasteiger partial charge is 0.480 e. The maximum atomic E-state index is 12.3. The Hall–Kier alpha value is -2.91. The van der Waals surface area contributed by atoms with E-state index in [2.05, 4.69) is 20.6 Å². The molecule has 0 saturated carbocycles. The van der Waals surface area contributed by atoms with Crippen LogP contribution < -0.4 is 20.3 Å². The van der Waals surface area contributed by atoms with Crippen molar-refractivity contribution >= 4 is 35.2 Å². The fraction of sp³-hybridized carbons (Fsp3) is 0.429. The van der Waals surface area contributed by atoms with Crippen molar-refractivity contribution in [1.82, 2.24) is 15.3 Å². The minimum absolute atomic E-state index is 0.0360. The molecule has 0 bridgehead atoms. The summed E-state index contributed by atoms with van der Waals surface area (Å²) < 4.78 is 10.8. The Morgan fingerprint density at radius 1 is 1.26 bits per heavy atom. The monoisotopic (exact) mass is 443 g/mol. The number of fused-ring (bicyclic) bond motifs is 2. The quantitative estimate of drug-likeness (QED) is 0.520. The number of ether oxygens (including phenoxy) is 2. The summed E-state index contributed by atoms with van der Waals surface area (Å²) >= 11 is 6.19. The van der Waals surface area contributed by atoms with Crippen LogP contribution in [0.5, 0.6) is 5.75 Å². The Bertz CT molecular complexity index is 1030. The van der Waals surface area contributed by atoms with Crippen LogP contribution in [-0.4, -0.2) is 54.3 Å². The number of anilines is 2. The highest BCUT2D eigenvalue weighted by atomic mass is 35.5. The Kier molecular flexibility index (Phi) is 5.37. The average molecular weight is 444 g/mol. The topological polar surface area (TPSA) is 106 Å². The molecule has 31 heavy (non-hydrogen) atoms. The van der Waals surface area contributed by atoms with Gasteiger partial charge in [-0.1, -0.05) is 11.6 Å². The first kappa shape index (κ1) is 20.0. The lowest BCUT2D eigenvalue weighted by Crippen LogP contribution is -2.30. The number of aromatic nitrogens is 2. The standard InChI is InChI=1S/C21H22ClN5O4/c22-19-15-8-12(7-13(15)3-6-24-19)9-23-5-4-14-10-27(21(29)31-14)17-2-1-16-20(25-17)26-18(28)11-30-16/h1-3,6,12,14,23H,4-5,7-11H2,(H,25,26,28). The fourth-order valence-electron chi connectivity index (χ4n) is 4.26. The first-order chi connectivity index (χ1) is 15.1. The molecule has 1 saturated heterocycles. The van der Waals surface area contributed by atoms with Crippen LogP contribution in [0.25, 0.3) is 0 Å². The van der Waals surface area contributed by atoms with Crippen LogP contribution in [0.1, 0.15) is 17.5 Å². The van der Waals surface area contributed by atoms with Crippen molar-refractivity contribution in [3.05, 3.63) is 40.7 Å². The lowest BCUT2D eigenvalue weighted by Gasteiger charge is -2.19. The van der Waals surface area contributed by atoms with Gasteiger partial charge in [-0.15, -0.1) is 0 Å². The highest BCUT2D eigenvalue weighted by Gasteiger charge is 2.34. The number of pyridine rings is 2. The maximum Gasteiger partial charge on any atom is 0.415 e. The van der Waals surface area contributed by atoms with Gasteiger partial charge in [-0.2, -0.15) is 0 Å². The summed E-state index contributed by atoms with van der Waals surface area (Å²) in [5.41, 5.74) is 2.45. The summed E-state index contributed by atoms with van der Waals surface area (Å²) in [6.07, 6.45) is 3.74. The normalized spacial score (nSPS) is 21.9. The predicted octanol–water partition coefficient (Wildman–Crippen LogP) is 2.18. The molecule has 10 heteroatoms. The number of nitrogens with one attached hydrogen (secondary N) is 2. The number of nitrogens with zero attached hydrogens (tertiary/aromatic N) is 3. The van der Waals surface area contributed by atoms with Crippen LogP contribution in [0.3, 0.4) is 0 Å². The van der Waals surface area contributed by atoms with E-state index in [0.29, 0.717) is 41.4 Å². The molecule has 162 valence electrons. The zero-order valence-corrected chi connectivity index (χ0v) is 17.5. The van der Waals surface area contributed by atoms with Crippen molar-refractivity contribution in [3.63, 3.8) is 0 Å². The minimum atomic E-state index is -0.436. The Morgan fingerprint density at radius 3 is 3.03 bits per heavy atom. The van der Waals surface area contributed by atoms with E-state index in [1.807, 2.05) is 6.07 Å². The third kappa shape index (κ3) is 4.15. The molecular formula is C21H22ClN5O4. The molecule has 4 heterocycles. The van der Waals surface area contributed by atoms with Gasteiger partial charge in [-0.3, -0.25) is 9.69 Å². The van der Waals surface area contributed by atoms with E-state index in [0.717, 1.165) is 31.5 Å². The van der Waals surface area contributed by atoms with Crippen molar-refractivity contribution in [3.8, 4) is 5.75 Å². The maximum absolute atomic E-state index is 12.3. The molecule has 2 aromatic rings. The minimum Gasteiger partial charge on any atom is -0.480 e. The van der Waals surface area contributed by atoms with Crippen LogP contribution in [0.2, 0.25) is 5.15 Å². The van der Waals surface area contributed by atoms with E-state index in [-0.39, 0.29) is 18.6 Å². The molecule has 2 atom stereocenters. The van der Waals surface area contributed by atoms with Gasteiger partial charge < -0.3 is 20.1 Å². The molecule has 2 aliphatic heterocycles. The molecule has 0 spiro atoms. The first-order valence-corrected chi connectivity index (χ1v) is 10.7. The number of hydrogen-bond acceptors (Lipinski definition) is 7. The van der Waals surface area contributed by atoms with E-state index in [1.165, 1.54) is 10.5 Å². The lowest BCUT2D eigenvalue weighted by atomic mass is 10.1. The van der Waals surface area contributed by atoms with Gasteiger partial charge in [-0.25, -0.2) is 14.8 Å². The molecule has 2 N–H and O–H groups in total. The second-order valence-electron chi connectivity index (χ2n) is 7.98. The highest BCUT2D eigenvalue weighted by molar-refractivity contribution is 6.30. The Morgan fingerprint density at radius 2 is 2.16 bits per heavy atom. The van der Waals surface area contributed by atoms with Gasteiger partial charge in [-0.05, 0) is 67.6 Å². The fourth-order valence-corrected chi connectivity index (χ4v) is 4.51. The molecule has 9 nitrogen and oxygen atoms in total. The van der Waals surface area contributed by atoms with Crippen LogP contribution in [-0.2, 0) is 22.4 Å². The number of carbonyl (C=O) groups excluding carboxylic acids is 2. The zero-order valence-electron chi connectivity index (χ0n) is 16.8. The number of amides is 2. The molecule has 1 fully saturated rings. The average Bonchev–Trinajstić information content (AvgIpc) is 3.34. The molecule has 3 aliphatic rings. The summed E-state index contributed by atoms with van der Waals surface area (Å²) in [7, 11) is 0. The van der Waals surface area contributed by atoms with E-state index in [9.17, 15) is 9.59 Å². The molecule has 0 aromatic carbocycles. The van der Waals surface area contributed by atoms with Crippen LogP contribution in [0.4, 0.5) is 16.4 Å². The highest BCUT2D eigenvalue weighted by Crippen LogP contribution is 2.31. The van der Waals surface area contributed by atoms with E-state index < -0.39 is 6.09 Å². The van der Waals surface area contributed by atoms with Crippen LogP contribution in [0.15, 0.2) is 24.4 Å². The Balaban J connectivity index is 1.10. The molecular weight excluding hydrogens is 422 g/mol. The van der Waals surface area contributed by atoms with E-state index in [4.69, 9.17) is 21.1 Å². The van der Waals surface area contributed by atoms with E-state index >= 15 is 0 Å². The molecule has 2 amide bonds. The van der Waals surface area contributed by atoms with Crippen molar-refractivity contribution in [2.24, 2.45) is 5.92 Å². The zero-order chi connectivity index (χ0) is 21.4. The molecule has 0 radical (unpaired) electrons. The molecule has 2 aromatic heterocycles.